The highest BCUT2D eigenvalue weighted by Gasteiger charge is 2.11. The zero-order chi connectivity index (χ0) is 19.6. The number of anilines is 2. The molecule has 0 atom stereocenters. The van der Waals surface area contributed by atoms with Crippen LogP contribution in [0.15, 0.2) is 48.5 Å². The maximum atomic E-state index is 12.8. The monoisotopic (exact) mass is 374 g/mol. The van der Waals surface area contributed by atoms with E-state index < -0.39 is 30.2 Å². The third-order valence-electron chi connectivity index (χ3n) is 3.42. The number of methoxy groups -OCH3 is 1. The molecule has 0 aromatic heterocycles. The first-order valence-corrected chi connectivity index (χ1v) is 8.11. The molecule has 2 N–H and O–H groups in total. The van der Waals surface area contributed by atoms with Crippen LogP contribution in [0.2, 0.25) is 0 Å². The highest BCUT2D eigenvalue weighted by Crippen LogP contribution is 2.14. The van der Waals surface area contributed by atoms with E-state index in [1.54, 1.807) is 24.3 Å². The molecule has 2 aromatic carbocycles. The maximum Gasteiger partial charge on any atom is 0.306 e. The van der Waals surface area contributed by atoms with E-state index in [2.05, 4.69) is 10.6 Å². The Hall–Kier alpha value is -3.42. The average Bonchev–Trinajstić information content (AvgIpc) is 2.67. The molecule has 7 nitrogen and oxygen atoms in total. The van der Waals surface area contributed by atoms with Gasteiger partial charge in [0.05, 0.1) is 13.5 Å². The van der Waals surface area contributed by atoms with Gasteiger partial charge < -0.3 is 20.1 Å². The summed E-state index contributed by atoms with van der Waals surface area (Å²) in [6, 6.07) is 11.9. The van der Waals surface area contributed by atoms with Crippen molar-refractivity contribution in [1.82, 2.24) is 0 Å². The molecule has 142 valence electrons. The van der Waals surface area contributed by atoms with E-state index in [-0.39, 0.29) is 12.8 Å². The second kappa shape index (κ2) is 9.91. The van der Waals surface area contributed by atoms with Gasteiger partial charge >= 0.3 is 5.97 Å². The molecule has 0 fully saturated rings. The Morgan fingerprint density at radius 2 is 1.41 bits per heavy atom. The average molecular weight is 374 g/mol. The number of benzene rings is 2. The number of amides is 2. The molecule has 0 heterocycles. The predicted octanol–water partition coefficient (Wildman–Crippen LogP) is 2.73. The second-order valence-electron chi connectivity index (χ2n) is 5.49. The summed E-state index contributed by atoms with van der Waals surface area (Å²) in [5, 5.41) is 5.10. The summed E-state index contributed by atoms with van der Waals surface area (Å²) in [5.41, 5.74) is 0.962. The lowest BCUT2D eigenvalue weighted by atomic mass is 10.2. The van der Waals surface area contributed by atoms with Gasteiger partial charge in [-0.2, -0.15) is 0 Å². The zero-order valence-electron chi connectivity index (χ0n) is 14.7. The van der Waals surface area contributed by atoms with Crippen LogP contribution in [-0.4, -0.2) is 31.5 Å². The van der Waals surface area contributed by atoms with Gasteiger partial charge in [0.25, 0.3) is 5.91 Å². The number of hydrogen-bond donors (Lipinski definition) is 2. The Labute approximate surface area is 155 Å². The van der Waals surface area contributed by atoms with Gasteiger partial charge in [-0.25, -0.2) is 4.39 Å². The topological polar surface area (TPSA) is 93.7 Å². The lowest BCUT2D eigenvalue weighted by Gasteiger charge is -2.08. The molecule has 27 heavy (non-hydrogen) atoms. The van der Waals surface area contributed by atoms with Crippen molar-refractivity contribution >= 4 is 29.2 Å². The van der Waals surface area contributed by atoms with E-state index in [1.165, 1.54) is 31.4 Å². The molecule has 0 radical (unpaired) electrons. The van der Waals surface area contributed by atoms with Crippen molar-refractivity contribution in [3.8, 4) is 5.75 Å². The summed E-state index contributed by atoms with van der Waals surface area (Å²) in [4.78, 5) is 35.1. The molecule has 8 heteroatoms. The Morgan fingerprint density at radius 1 is 0.852 bits per heavy atom. The van der Waals surface area contributed by atoms with Crippen molar-refractivity contribution in [1.29, 1.82) is 0 Å². The molecule has 2 amide bonds. The van der Waals surface area contributed by atoms with E-state index >= 15 is 0 Å². The molecule has 2 rings (SSSR count). The van der Waals surface area contributed by atoms with Crippen molar-refractivity contribution in [3.05, 3.63) is 54.3 Å². The zero-order valence-corrected chi connectivity index (χ0v) is 14.7. The van der Waals surface area contributed by atoms with E-state index in [0.717, 1.165) is 0 Å². The first kappa shape index (κ1) is 19.9. The number of nitrogens with one attached hydrogen (secondary N) is 2. The summed E-state index contributed by atoms with van der Waals surface area (Å²) < 4.78 is 22.6. The Balaban J connectivity index is 1.66. The molecular weight excluding hydrogens is 355 g/mol. The minimum atomic E-state index is -0.672. The van der Waals surface area contributed by atoms with Crippen molar-refractivity contribution in [2.45, 2.75) is 12.8 Å². The largest absolute Gasteiger partial charge is 0.497 e. The minimum Gasteiger partial charge on any atom is -0.497 e. The first-order valence-electron chi connectivity index (χ1n) is 8.11. The van der Waals surface area contributed by atoms with Crippen LogP contribution in [0.25, 0.3) is 0 Å². The normalized spacial score (nSPS) is 10.0. The molecule has 0 spiro atoms. The summed E-state index contributed by atoms with van der Waals surface area (Å²) in [6.45, 7) is -0.454. The smallest absolute Gasteiger partial charge is 0.306 e. The highest BCUT2D eigenvalue weighted by molar-refractivity contribution is 5.94. The number of carbonyl (C=O) groups is 3. The molecule has 0 saturated heterocycles. The van der Waals surface area contributed by atoms with Gasteiger partial charge in [0.15, 0.2) is 6.61 Å². The number of rotatable bonds is 8. The number of halogens is 1. The summed E-state index contributed by atoms with van der Waals surface area (Å²) in [5.74, 6) is -1.34. The van der Waals surface area contributed by atoms with Gasteiger partial charge in [-0.15, -0.1) is 0 Å². The molecule has 0 bridgehead atoms. The third-order valence-corrected chi connectivity index (χ3v) is 3.42. The summed E-state index contributed by atoms with van der Waals surface area (Å²) in [6.07, 6.45) is -0.293. The van der Waals surface area contributed by atoms with Crippen LogP contribution >= 0.6 is 0 Å². The number of ether oxygens (including phenoxy) is 2. The molecule has 0 aliphatic rings. The fraction of sp³-hybridized carbons (Fsp3) is 0.211. The van der Waals surface area contributed by atoms with E-state index in [9.17, 15) is 18.8 Å². The fourth-order valence-electron chi connectivity index (χ4n) is 2.06. The molecule has 0 unspecified atom stereocenters. The fourth-order valence-corrected chi connectivity index (χ4v) is 2.06. The van der Waals surface area contributed by atoms with Crippen LogP contribution in [-0.2, 0) is 19.1 Å². The van der Waals surface area contributed by atoms with Gasteiger partial charge in [-0.05, 0) is 48.5 Å². The second-order valence-corrected chi connectivity index (χ2v) is 5.49. The van der Waals surface area contributed by atoms with Crippen molar-refractivity contribution in [3.63, 3.8) is 0 Å². The van der Waals surface area contributed by atoms with E-state index in [4.69, 9.17) is 9.47 Å². The quantitative estimate of drug-likeness (QED) is 0.693. The van der Waals surface area contributed by atoms with Crippen molar-refractivity contribution in [2.24, 2.45) is 0 Å². The molecule has 2 aromatic rings. The van der Waals surface area contributed by atoms with Crippen molar-refractivity contribution in [2.75, 3.05) is 24.4 Å². The lowest BCUT2D eigenvalue weighted by Crippen LogP contribution is -2.21. The van der Waals surface area contributed by atoms with Crippen LogP contribution in [0.3, 0.4) is 0 Å². The summed E-state index contributed by atoms with van der Waals surface area (Å²) in [7, 11) is 1.53. The maximum absolute atomic E-state index is 12.8. The van der Waals surface area contributed by atoms with E-state index in [0.29, 0.717) is 17.1 Å². The molecule has 0 saturated carbocycles. The van der Waals surface area contributed by atoms with Crippen LogP contribution in [0.1, 0.15) is 12.8 Å². The molecule has 0 aliphatic carbocycles. The van der Waals surface area contributed by atoms with Gasteiger partial charge in [-0.1, -0.05) is 0 Å². The van der Waals surface area contributed by atoms with Crippen LogP contribution in [0.5, 0.6) is 5.75 Å². The number of esters is 1. The minimum absolute atomic E-state index is 0.115. The van der Waals surface area contributed by atoms with Crippen LogP contribution in [0.4, 0.5) is 15.8 Å². The lowest BCUT2D eigenvalue weighted by molar-refractivity contribution is -0.147. The van der Waals surface area contributed by atoms with Crippen LogP contribution < -0.4 is 15.4 Å². The molecular formula is C19H19FN2O5. The third kappa shape index (κ3) is 7.15. The standard InChI is InChI=1S/C19H19FN2O5/c1-26-16-8-6-15(7-9-16)22-18(24)12-27-19(25)11-10-17(23)21-14-4-2-13(20)3-5-14/h2-9H,10-12H2,1H3,(H,21,23)(H,22,24). The van der Waals surface area contributed by atoms with E-state index in [1.807, 2.05) is 0 Å². The number of carbonyl (C=O) groups excluding carboxylic acids is 3. The van der Waals surface area contributed by atoms with Gasteiger partial charge in [-0.3, -0.25) is 14.4 Å². The van der Waals surface area contributed by atoms with Crippen LogP contribution in [0, 0.1) is 5.82 Å². The highest BCUT2D eigenvalue weighted by atomic mass is 19.1. The Kier molecular flexibility index (Phi) is 7.30. The van der Waals surface area contributed by atoms with Gasteiger partial charge in [0, 0.05) is 17.8 Å². The Bertz CT molecular complexity index is 791. The first-order chi connectivity index (χ1) is 13.0. The summed E-state index contributed by atoms with van der Waals surface area (Å²) >= 11 is 0. The van der Waals surface area contributed by atoms with Gasteiger partial charge in [0.2, 0.25) is 5.91 Å². The van der Waals surface area contributed by atoms with Crippen molar-refractivity contribution < 1.29 is 28.2 Å². The SMILES string of the molecule is COc1ccc(NC(=O)COC(=O)CCC(=O)Nc2ccc(F)cc2)cc1. The predicted molar refractivity (Wildman–Crippen MR) is 96.8 cm³/mol. The number of hydrogen-bond acceptors (Lipinski definition) is 5. The molecule has 0 aliphatic heterocycles. The van der Waals surface area contributed by atoms with Gasteiger partial charge in [0.1, 0.15) is 11.6 Å². The Morgan fingerprint density at radius 3 is 2.00 bits per heavy atom.